The maximum atomic E-state index is 10.1. The second-order valence-corrected chi connectivity index (χ2v) is 6.09. The van der Waals surface area contributed by atoms with Gasteiger partial charge in [0.15, 0.2) is 0 Å². The van der Waals surface area contributed by atoms with E-state index in [1.54, 1.807) is 17.8 Å². The molecule has 2 aromatic rings. The molecule has 98 valence electrons. The molecule has 0 heterocycles. The number of allylic oxidation sites excluding steroid dienone is 2. The van der Waals surface area contributed by atoms with Gasteiger partial charge in [0.1, 0.15) is 5.75 Å². The first-order valence-electron chi connectivity index (χ1n) is 6.06. The van der Waals surface area contributed by atoms with Crippen LogP contribution in [0.15, 0.2) is 68.9 Å². The first kappa shape index (κ1) is 14.2. The molecule has 0 spiro atoms. The fourth-order valence-electron chi connectivity index (χ4n) is 1.72. The van der Waals surface area contributed by atoms with Gasteiger partial charge < -0.3 is 5.11 Å². The normalized spacial score (nSPS) is 11.1. The van der Waals surface area contributed by atoms with Crippen LogP contribution in [0.4, 0.5) is 0 Å². The van der Waals surface area contributed by atoms with Crippen LogP contribution < -0.4 is 0 Å². The van der Waals surface area contributed by atoms with Gasteiger partial charge in [-0.25, -0.2) is 0 Å². The number of hydrogen-bond acceptors (Lipinski definition) is 2. The molecule has 0 bridgehead atoms. The molecular weight excluding hydrogens is 320 g/mol. The highest BCUT2D eigenvalue weighted by Gasteiger charge is 2.08. The van der Waals surface area contributed by atoms with Gasteiger partial charge in [0.25, 0.3) is 0 Å². The largest absolute Gasteiger partial charge is 0.507 e. The Hall–Kier alpha value is -1.19. The SMILES string of the molecule is CC=CCc1cccc(O)c1Sc1ccc(Br)cc1. The molecule has 0 aliphatic rings. The van der Waals surface area contributed by atoms with Crippen molar-refractivity contribution in [2.75, 3.05) is 0 Å². The molecule has 0 amide bonds. The van der Waals surface area contributed by atoms with E-state index in [2.05, 4.69) is 28.1 Å². The minimum Gasteiger partial charge on any atom is -0.507 e. The lowest BCUT2D eigenvalue weighted by molar-refractivity contribution is 0.461. The van der Waals surface area contributed by atoms with Crippen molar-refractivity contribution < 1.29 is 5.11 Å². The molecule has 0 fully saturated rings. The average molecular weight is 335 g/mol. The fourth-order valence-corrected chi connectivity index (χ4v) is 2.94. The average Bonchev–Trinajstić information content (AvgIpc) is 2.42. The summed E-state index contributed by atoms with van der Waals surface area (Å²) in [6, 6.07) is 13.8. The van der Waals surface area contributed by atoms with Crippen LogP contribution in [0.5, 0.6) is 5.75 Å². The smallest absolute Gasteiger partial charge is 0.129 e. The monoisotopic (exact) mass is 334 g/mol. The van der Waals surface area contributed by atoms with Crippen molar-refractivity contribution in [1.29, 1.82) is 0 Å². The molecule has 0 atom stereocenters. The lowest BCUT2D eigenvalue weighted by atomic mass is 10.1. The molecule has 0 aliphatic heterocycles. The topological polar surface area (TPSA) is 20.2 Å². The van der Waals surface area contributed by atoms with E-state index in [0.717, 1.165) is 26.2 Å². The fraction of sp³-hybridized carbons (Fsp3) is 0.125. The molecular formula is C16H15BrOS. The van der Waals surface area contributed by atoms with Crippen molar-refractivity contribution in [3.05, 3.63) is 64.7 Å². The Morgan fingerprint density at radius 3 is 2.58 bits per heavy atom. The van der Waals surface area contributed by atoms with Crippen LogP contribution in [-0.4, -0.2) is 5.11 Å². The van der Waals surface area contributed by atoms with Crippen LogP contribution >= 0.6 is 27.7 Å². The summed E-state index contributed by atoms with van der Waals surface area (Å²) in [6.45, 7) is 2.00. The van der Waals surface area contributed by atoms with Crippen molar-refractivity contribution in [2.24, 2.45) is 0 Å². The second-order valence-electron chi connectivity index (χ2n) is 4.09. The van der Waals surface area contributed by atoms with Gasteiger partial charge in [0.05, 0.1) is 4.90 Å². The Labute approximate surface area is 126 Å². The van der Waals surface area contributed by atoms with Gasteiger partial charge in [-0.05, 0) is 49.2 Å². The first-order chi connectivity index (χ1) is 9.20. The third kappa shape index (κ3) is 3.88. The number of phenolic OH excluding ortho intramolecular Hbond substituents is 1. The Morgan fingerprint density at radius 1 is 1.16 bits per heavy atom. The number of benzene rings is 2. The van der Waals surface area contributed by atoms with Gasteiger partial charge in [-0.1, -0.05) is 52.0 Å². The van der Waals surface area contributed by atoms with Gasteiger partial charge in [0.2, 0.25) is 0 Å². The first-order valence-corrected chi connectivity index (χ1v) is 7.67. The highest BCUT2D eigenvalue weighted by molar-refractivity contribution is 9.10. The summed E-state index contributed by atoms with van der Waals surface area (Å²) in [4.78, 5) is 2.05. The number of halogens is 1. The molecule has 1 N–H and O–H groups in total. The Balaban J connectivity index is 2.30. The molecule has 0 aromatic heterocycles. The van der Waals surface area contributed by atoms with E-state index in [4.69, 9.17) is 0 Å². The molecule has 0 saturated carbocycles. The zero-order valence-electron chi connectivity index (χ0n) is 10.6. The summed E-state index contributed by atoms with van der Waals surface area (Å²) >= 11 is 5.02. The van der Waals surface area contributed by atoms with Crippen LogP contribution in [0, 0.1) is 0 Å². The molecule has 19 heavy (non-hydrogen) atoms. The highest BCUT2D eigenvalue weighted by atomic mass is 79.9. The van der Waals surface area contributed by atoms with Gasteiger partial charge >= 0.3 is 0 Å². The standard InChI is InChI=1S/C16H15BrOS/c1-2-3-5-12-6-4-7-15(18)16(12)19-14-10-8-13(17)9-11-14/h2-4,6-11,18H,5H2,1H3. The summed E-state index contributed by atoms with van der Waals surface area (Å²) in [5, 5.41) is 10.1. The van der Waals surface area contributed by atoms with Crippen LogP contribution in [0.2, 0.25) is 0 Å². The van der Waals surface area contributed by atoms with Crippen molar-refractivity contribution in [1.82, 2.24) is 0 Å². The predicted octanol–water partition coefficient (Wildman–Crippen LogP) is 5.42. The Kier molecular flexibility index (Phi) is 5.11. The summed E-state index contributed by atoms with van der Waals surface area (Å²) in [5.74, 6) is 0.343. The maximum absolute atomic E-state index is 10.1. The number of rotatable bonds is 4. The van der Waals surface area contributed by atoms with Crippen molar-refractivity contribution in [3.8, 4) is 5.75 Å². The molecule has 0 radical (unpaired) electrons. The van der Waals surface area contributed by atoms with Crippen molar-refractivity contribution >= 4 is 27.7 Å². The molecule has 2 rings (SSSR count). The molecule has 0 aliphatic carbocycles. The van der Waals surface area contributed by atoms with E-state index in [9.17, 15) is 5.11 Å². The summed E-state index contributed by atoms with van der Waals surface area (Å²) in [7, 11) is 0. The predicted molar refractivity (Wildman–Crippen MR) is 84.9 cm³/mol. The highest BCUT2D eigenvalue weighted by Crippen LogP contribution is 2.37. The summed E-state index contributed by atoms with van der Waals surface area (Å²) in [5.41, 5.74) is 1.14. The van der Waals surface area contributed by atoms with E-state index < -0.39 is 0 Å². The Morgan fingerprint density at radius 2 is 1.89 bits per heavy atom. The number of hydrogen-bond donors (Lipinski definition) is 1. The zero-order valence-corrected chi connectivity index (χ0v) is 13.0. The third-order valence-electron chi connectivity index (χ3n) is 2.68. The van der Waals surface area contributed by atoms with Crippen molar-refractivity contribution in [2.45, 2.75) is 23.1 Å². The Bertz CT molecular complexity index is 576. The van der Waals surface area contributed by atoms with E-state index in [-0.39, 0.29) is 0 Å². The molecule has 1 nitrogen and oxygen atoms in total. The van der Waals surface area contributed by atoms with Gasteiger partial charge in [0, 0.05) is 9.37 Å². The van der Waals surface area contributed by atoms with Crippen LogP contribution in [0.1, 0.15) is 12.5 Å². The number of aromatic hydroxyl groups is 1. The number of phenols is 1. The van der Waals surface area contributed by atoms with E-state index in [0.29, 0.717) is 5.75 Å². The van der Waals surface area contributed by atoms with E-state index in [1.807, 2.05) is 43.3 Å². The third-order valence-corrected chi connectivity index (χ3v) is 4.39. The lowest BCUT2D eigenvalue weighted by Crippen LogP contribution is -1.87. The summed E-state index contributed by atoms with van der Waals surface area (Å²) in [6.07, 6.45) is 4.96. The molecule has 2 aromatic carbocycles. The minimum absolute atomic E-state index is 0.343. The lowest BCUT2D eigenvalue weighted by Gasteiger charge is -2.09. The molecule has 0 unspecified atom stereocenters. The quantitative estimate of drug-likeness (QED) is 0.753. The van der Waals surface area contributed by atoms with Gasteiger partial charge in [-0.15, -0.1) is 0 Å². The summed E-state index contributed by atoms with van der Waals surface area (Å²) < 4.78 is 1.06. The van der Waals surface area contributed by atoms with Gasteiger partial charge in [-0.3, -0.25) is 0 Å². The van der Waals surface area contributed by atoms with Crippen LogP contribution in [0.25, 0.3) is 0 Å². The van der Waals surface area contributed by atoms with Gasteiger partial charge in [-0.2, -0.15) is 0 Å². The molecule has 0 saturated heterocycles. The van der Waals surface area contributed by atoms with E-state index in [1.165, 1.54) is 0 Å². The maximum Gasteiger partial charge on any atom is 0.129 e. The van der Waals surface area contributed by atoms with Crippen molar-refractivity contribution in [3.63, 3.8) is 0 Å². The van der Waals surface area contributed by atoms with Crippen LogP contribution in [-0.2, 0) is 6.42 Å². The van der Waals surface area contributed by atoms with Crippen LogP contribution in [0.3, 0.4) is 0 Å². The molecule has 3 heteroatoms. The second kappa shape index (κ2) is 6.83. The minimum atomic E-state index is 0.343. The zero-order chi connectivity index (χ0) is 13.7. The van der Waals surface area contributed by atoms with E-state index >= 15 is 0 Å².